The fourth-order valence-corrected chi connectivity index (χ4v) is 3.13. The minimum atomic E-state index is 0.392. The van der Waals surface area contributed by atoms with Gasteiger partial charge in [0.1, 0.15) is 12.4 Å². The van der Waals surface area contributed by atoms with Gasteiger partial charge in [0.25, 0.3) is 6.47 Å². The minimum Gasteiger partial charge on any atom is -0.489 e. The van der Waals surface area contributed by atoms with Crippen molar-refractivity contribution >= 4 is 28.3 Å². The van der Waals surface area contributed by atoms with Crippen LogP contribution in [0.1, 0.15) is 11.1 Å². The van der Waals surface area contributed by atoms with Crippen LogP contribution in [0.15, 0.2) is 66.7 Å². The van der Waals surface area contributed by atoms with E-state index in [1.54, 1.807) is 0 Å². The highest BCUT2D eigenvalue weighted by Crippen LogP contribution is 2.30. The number of hydrogen-bond acceptors (Lipinski definition) is 3. The molecule has 4 nitrogen and oxygen atoms in total. The average Bonchev–Trinajstić information content (AvgIpc) is 3.05. The van der Waals surface area contributed by atoms with Gasteiger partial charge in [-0.05, 0) is 41.5 Å². The lowest BCUT2D eigenvalue weighted by atomic mass is 10.1. The van der Waals surface area contributed by atoms with Crippen molar-refractivity contribution in [1.29, 1.82) is 0 Å². The molecule has 1 aromatic heterocycles. The van der Waals surface area contributed by atoms with Crippen LogP contribution < -0.4 is 4.74 Å². The molecule has 0 saturated heterocycles. The number of carbonyl (C=O) groups excluding carboxylic acids is 1. The summed E-state index contributed by atoms with van der Waals surface area (Å²) in [5.41, 5.74) is 4.44. The van der Waals surface area contributed by atoms with Crippen molar-refractivity contribution in [2.75, 3.05) is 6.61 Å². The third-order valence-corrected chi connectivity index (χ3v) is 4.46. The normalized spacial score (nSPS) is 10.9. The van der Waals surface area contributed by atoms with Crippen molar-refractivity contribution in [3.63, 3.8) is 0 Å². The summed E-state index contributed by atoms with van der Waals surface area (Å²) in [5, 5.41) is 2.28. The van der Waals surface area contributed by atoms with Crippen molar-refractivity contribution < 1.29 is 14.3 Å². The fraction of sp³-hybridized carbons (Fsp3) is 0.136. The zero-order valence-electron chi connectivity index (χ0n) is 14.3. The number of benzene rings is 3. The van der Waals surface area contributed by atoms with Gasteiger partial charge in [0.15, 0.2) is 0 Å². The molecule has 0 aliphatic rings. The second-order valence-electron chi connectivity index (χ2n) is 6.20. The molecule has 26 heavy (non-hydrogen) atoms. The van der Waals surface area contributed by atoms with Gasteiger partial charge in [-0.25, -0.2) is 0 Å². The summed E-state index contributed by atoms with van der Waals surface area (Å²) in [6, 6.07) is 22.5. The number of aromatic amines is 1. The molecule has 4 aromatic rings. The maximum absolute atomic E-state index is 10.3. The number of aromatic nitrogens is 1. The molecule has 4 heteroatoms. The first-order valence-corrected chi connectivity index (χ1v) is 8.60. The van der Waals surface area contributed by atoms with Gasteiger partial charge in [-0.3, -0.25) is 4.79 Å². The summed E-state index contributed by atoms with van der Waals surface area (Å²) < 4.78 is 10.8. The van der Waals surface area contributed by atoms with Crippen molar-refractivity contribution in [2.24, 2.45) is 0 Å². The van der Waals surface area contributed by atoms with Crippen LogP contribution in [0.3, 0.4) is 0 Å². The zero-order valence-corrected chi connectivity index (χ0v) is 14.3. The zero-order chi connectivity index (χ0) is 17.8. The molecule has 1 N–H and O–H groups in total. The molecule has 0 amide bonds. The van der Waals surface area contributed by atoms with E-state index in [4.69, 9.17) is 9.47 Å². The van der Waals surface area contributed by atoms with Crippen molar-refractivity contribution in [2.45, 2.75) is 13.0 Å². The van der Waals surface area contributed by atoms with Crippen LogP contribution in [0.2, 0.25) is 0 Å². The number of ether oxygens (including phenoxy) is 2. The second-order valence-corrected chi connectivity index (χ2v) is 6.20. The number of hydrogen-bond donors (Lipinski definition) is 1. The van der Waals surface area contributed by atoms with Crippen LogP contribution in [0.5, 0.6) is 5.75 Å². The quantitative estimate of drug-likeness (QED) is 0.393. The Morgan fingerprint density at radius 3 is 2.42 bits per heavy atom. The lowest BCUT2D eigenvalue weighted by Gasteiger charge is -2.06. The minimum absolute atomic E-state index is 0.392. The molecule has 0 fully saturated rings. The summed E-state index contributed by atoms with van der Waals surface area (Å²) in [7, 11) is 0. The molecule has 0 bridgehead atoms. The maximum Gasteiger partial charge on any atom is 0.293 e. The molecular weight excluding hydrogens is 326 g/mol. The number of carbonyl (C=O) groups is 1. The molecule has 0 spiro atoms. The van der Waals surface area contributed by atoms with Crippen LogP contribution >= 0.6 is 0 Å². The highest BCUT2D eigenvalue weighted by molar-refractivity contribution is 6.07. The van der Waals surface area contributed by atoms with Gasteiger partial charge >= 0.3 is 0 Å². The summed E-state index contributed by atoms with van der Waals surface area (Å²) in [5.74, 6) is 0.844. The highest BCUT2D eigenvalue weighted by Gasteiger charge is 2.07. The first-order chi connectivity index (χ1) is 12.8. The van der Waals surface area contributed by atoms with E-state index >= 15 is 0 Å². The Bertz CT molecular complexity index is 1040. The van der Waals surface area contributed by atoms with Crippen LogP contribution in [-0.2, 0) is 22.6 Å². The Morgan fingerprint density at radius 2 is 1.62 bits per heavy atom. The van der Waals surface area contributed by atoms with E-state index in [9.17, 15) is 4.79 Å². The Kier molecular flexibility index (Phi) is 4.56. The summed E-state index contributed by atoms with van der Waals surface area (Å²) >= 11 is 0. The molecular formula is C22H19NO3. The number of fused-ring (bicyclic) bond motifs is 3. The molecule has 0 aliphatic carbocycles. The van der Waals surface area contributed by atoms with Crippen molar-refractivity contribution in [3.05, 3.63) is 77.9 Å². The van der Waals surface area contributed by atoms with Crippen LogP contribution in [0, 0.1) is 0 Å². The van der Waals surface area contributed by atoms with Crippen LogP contribution in [0.25, 0.3) is 21.8 Å². The van der Waals surface area contributed by atoms with E-state index < -0.39 is 0 Å². The predicted molar refractivity (Wildman–Crippen MR) is 102 cm³/mol. The standard InChI is InChI=1S/C22H19NO3/c24-15-25-11-10-16-6-8-21-19(12-16)20-13-18(7-9-22(20)23-21)26-14-17-4-2-1-3-5-17/h1-9,12-13,15,23H,10-11,14H2. The van der Waals surface area contributed by atoms with E-state index in [1.165, 1.54) is 0 Å². The van der Waals surface area contributed by atoms with E-state index in [0.29, 0.717) is 26.1 Å². The Labute approximate surface area is 151 Å². The lowest BCUT2D eigenvalue weighted by molar-refractivity contribution is -0.128. The molecule has 3 aromatic carbocycles. The number of nitrogens with one attached hydrogen (secondary N) is 1. The van der Waals surface area contributed by atoms with Crippen LogP contribution in [-0.4, -0.2) is 18.1 Å². The first kappa shape index (κ1) is 16.2. The third kappa shape index (κ3) is 3.40. The smallest absolute Gasteiger partial charge is 0.293 e. The van der Waals surface area contributed by atoms with Gasteiger partial charge in [-0.2, -0.15) is 0 Å². The second kappa shape index (κ2) is 7.31. The van der Waals surface area contributed by atoms with Gasteiger partial charge < -0.3 is 14.5 Å². The van der Waals surface area contributed by atoms with Gasteiger partial charge in [0.05, 0.1) is 6.61 Å². The van der Waals surface area contributed by atoms with Gasteiger partial charge in [0, 0.05) is 28.2 Å². The summed E-state index contributed by atoms with van der Waals surface area (Å²) in [6.45, 7) is 1.42. The van der Waals surface area contributed by atoms with Gasteiger partial charge in [-0.15, -0.1) is 0 Å². The molecule has 0 unspecified atom stereocenters. The highest BCUT2D eigenvalue weighted by atomic mass is 16.5. The summed E-state index contributed by atoms with van der Waals surface area (Å²) in [6.07, 6.45) is 0.700. The Morgan fingerprint density at radius 1 is 0.846 bits per heavy atom. The van der Waals surface area contributed by atoms with Crippen LogP contribution in [0.4, 0.5) is 0 Å². The number of H-pyrrole nitrogens is 1. The molecule has 1 heterocycles. The van der Waals surface area contributed by atoms with Crippen molar-refractivity contribution in [3.8, 4) is 5.75 Å². The molecule has 0 saturated carbocycles. The van der Waals surface area contributed by atoms with Crippen molar-refractivity contribution in [1.82, 2.24) is 4.98 Å². The molecule has 4 rings (SSSR count). The lowest BCUT2D eigenvalue weighted by Crippen LogP contribution is -1.96. The van der Waals surface area contributed by atoms with E-state index in [-0.39, 0.29) is 0 Å². The van der Waals surface area contributed by atoms with Gasteiger partial charge in [-0.1, -0.05) is 36.4 Å². The topological polar surface area (TPSA) is 51.3 Å². The fourth-order valence-electron chi connectivity index (χ4n) is 3.13. The molecule has 0 atom stereocenters. The van der Waals surface area contributed by atoms with E-state index in [0.717, 1.165) is 38.7 Å². The Hall–Kier alpha value is -3.27. The predicted octanol–water partition coefficient (Wildman–Crippen LogP) is 4.62. The van der Waals surface area contributed by atoms with E-state index in [2.05, 4.69) is 41.4 Å². The van der Waals surface area contributed by atoms with E-state index in [1.807, 2.05) is 30.3 Å². The average molecular weight is 345 g/mol. The SMILES string of the molecule is O=COCCc1ccc2[nH]c3ccc(OCc4ccccc4)cc3c2c1. The number of rotatable bonds is 7. The molecule has 0 radical (unpaired) electrons. The molecule has 130 valence electrons. The summed E-state index contributed by atoms with van der Waals surface area (Å²) in [4.78, 5) is 13.7. The monoisotopic (exact) mass is 345 g/mol. The molecule has 0 aliphatic heterocycles. The third-order valence-electron chi connectivity index (χ3n) is 4.46. The Balaban J connectivity index is 1.61. The first-order valence-electron chi connectivity index (χ1n) is 8.60. The van der Waals surface area contributed by atoms with Gasteiger partial charge in [0.2, 0.25) is 0 Å². The maximum atomic E-state index is 10.3. The largest absolute Gasteiger partial charge is 0.489 e.